The topological polar surface area (TPSA) is 56.2 Å². The second-order valence-electron chi connectivity index (χ2n) is 6.61. The first-order valence-corrected chi connectivity index (χ1v) is 8.84. The van der Waals surface area contributed by atoms with Crippen molar-refractivity contribution in [3.8, 4) is 5.75 Å². The molecule has 1 aliphatic rings. The molecule has 11 heteroatoms. The summed E-state index contributed by atoms with van der Waals surface area (Å²) in [7, 11) is 0. The summed E-state index contributed by atoms with van der Waals surface area (Å²) in [5.41, 5.74) is -0.245. The highest BCUT2D eigenvalue weighted by Gasteiger charge is 2.39. The quantitative estimate of drug-likeness (QED) is 0.575. The highest BCUT2D eigenvalue weighted by Crippen LogP contribution is 2.35. The van der Waals surface area contributed by atoms with Gasteiger partial charge in [0.1, 0.15) is 12.3 Å². The van der Waals surface area contributed by atoms with E-state index in [0.29, 0.717) is 25.0 Å². The van der Waals surface area contributed by atoms with Crippen LogP contribution in [0.5, 0.6) is 5.75 Å². The van der Waals surface area contributed by atoms with E-state index in [-0.39, 0.29) is 17.7 Å². The predicted molar refractivity (Wildman–Crippen MR) is 90.2 cm³/mol. The fourth-order valence-corrected chi connectivity index (χ4v) is 3.28. The van der Waals surface area contributed by atoms with E-state index in [9.17, 15) is 31.1 Å². The standard InChI is InChI=1S/C18H17F6N3O2/c19-17(20,21)16-13-4-2-1-3-5-14(13)27(26-16)10-15(28)25-11-6-8-12(9-7-11)29-18(22,23)24/h6-9H,1-5,10H2,(H,25,28). The third-order valence-electron chi connectivity index (χ3n) is 4.44. The number of nitrogens with one attached hydrogen (secondary N) is 1. The number of hydrogen-bond donors (Lipinski definition) is 1. The first kappa shape index (κ1) is 21.0. The molecule has 158 valence electrons. The molecule has 5 nitrogen and oxygen atoms in total. The SMILES string of the molecule is O=C(Cn1nc(C(F)(F)F)c2c1CCCCC2)Nc1ccc(OC(F)(F)F)cc1. The number of halogens is 6. The van der Waals surface area contributed by atoms with Crippen molar-refractivity contribution in [3.63, 3.8) is 0 Å². The van der Waals surface area contributed by atoms with E-state index in [1.54, 1.807) is 0 Å². The number of carbonyl (C=O) groups is 1. The Bertz CT molecular complexity index is 871. The van der Waals surface area contributed by atoms with Crippen LogP contribution in [-0.2, 0) is 30.4 Å². The number of benzene rings is 1. The van der Waals surface area contributed by atoms with Crippen LogP contribution < -0.4 is 10.1 Å². The highest BCUT2D eigenvalue weighted by atomic mass is 19.4. The molecule has 1 amide bonds. The second-order valence-corrected chi connectivity index (χ2v) is 6.61. The number of anilines is 1. The Hall–Kier alpha value is -2.72. The van der Waals surface area contributed by atoms with Crippen LogP contribution in [0.15, 0.2) is 24.3 Å². The molecule has 1 aliphatic carbocycles. The Morgan fingerprint density at radius 2 is 1.69 bits per heavy atom. The smallest absolute Gasteiger partial charge is 0.406 e. The van der Waals surface area contributed by atoms with Crippen LogP contribution in [-0.4, -0.2) is 22.1 Å². The van der Waals surface area contributed by atoms with E-state index in [4.69, 9.17) is 0 Å². The molecule has 1 aromatic carbocycles. The molecular formula is C18H17F6N3O2. The maximum atomic E-state index is 13.3. The number of nitrogens with zero attached hydrogens (tertiary/aromatic N) is 2. The summed E-state index contributed by atoms with van der Waals surface area (Å²) in [6.07, 6.45) is -6.66. The molecule has 0 atom stereocenters. The summed E-state index contributed by atoms with van der Waals surface area (Å²) in [5.74, 6) is -1.10. The van der Waals surface area contributed by atoms with Gasteiger partial charge in [-0.25, -0.2) is 0 Å². The van der Waals surface area contributed by atoms with Crippen LogP contribution in [0.25, 0.3) is 0 Å². The molecule has 29 heavy (non-hydrogen) atoms. The van der Waals surface area contributed by atoms with Gasteiger partial charge < -0.3 is 10.1 Å². The van der Waals surface area contributed by atoms with Gasteiger partial charge in [0.25, 0.3) is 0 Å². The minimum atomic E-state index is -4.83. The summed E-state index contributed by atoms with van der Waals surface area (Å²) in [4.78, 5) is 12.3. The van der Waals surface area contributed by atoms with Gasteiger partial charge in [0.05, 0.1) is 0 Å². The van der Waals surface area contributed by atoms with Crippen molar-refractivity contribution in [3.05, 3.63) is 41.2 Å². The Labute approximate surface area is 161 Å². The molecule has 1 heterocycles. The van der Waals surface area contributed by atoms with Crippen LogP contribution >= 0.6 is 0 Å². The number of aromatic nitrogens is 2. The Kier molecular flexibility index (Phi) is 5.76. The summed E-state index contributed by atoms with van der Waals surface area (Å²) in [6.45, 7) is -0.431. The largest absolute Gasteiger partial charge is 0.573 e. The number of alkyl halides is 6. The molecule has 0 saturated carbocycles. The second kappa shape index (κ2) is 7.96. The number of fused-ring (bicyclic) bond motifs is 1. The van der Waals surface area contributed by atoms with Gasteiger partial charge in [-0.2, -0.15) is 18.3 Å². The van der Waals surface area contributed by atoms with Crippen molar-refractivity contribution in [2.75, 3.05) is 5.32 Å². The molecule has 0 bridgehead atoms. The van der Waals surface area contributed by atoms with E-state index in [1.807, 2.05) is 0 Å². The fraction of sp³-hybridized carbons (Fsp3) is 0.444. The Balaban J connectivity index is 1.73. The maximum absolute atomic E-state index is 13.3. The number of rotatable bonds is 4. The Morgan fingerprint density at radius 3 is 2.31 bits per heavy atom. The third-order valence-corrected chi connectivity index (χ3v) is 4.44. The molecule has 0 aliphatic heterocycles. The summed E-state index contributed by atoms with van der Waals surface area (Å²) >= 11 is 0. The van der Waals surface area contributed by atoms with Gasteiger partial charge >= 0.3 is 12.5 Å². The number of amides is 1. The molecule has 2 aromatic rings. The van der Waals surface area contributed by atoms with Gasteiger partial charge in [-0.3, -0.25) is 9.48 Å². The monoisotopic (exact) mass is 421 g/mol. The van der Waals surface area contributed by atoms with Crippen LogP contribution in [0.4, 0.5) is 32.0 Å². The van der Waals surface area contributed by atoms with Crippen molar-refractivity contribution in [2.45, 2.75) is 51.2 Å². The van der Waals surface area contributed by atoms with Crippen molar-refractivity contribution >= 4 is 11.6 Å². The van der Waals surface area contributed by atoms with Gasteiger partial charge in [-0.15, -0.1) is 13.2 Å². The Morgan fingerprint density at radius 1 is 1.03 bits per heavy atom. The van der Waals surface area contributed by atoms with Crippen molar-refractivity contribution in [1.82, 2.24) is 9.78 Å². The predicted octanol–water partition coefficient (Wildman–Crippen LogP) is 4.71. The van der Waals surface area contributed by atoms with Gasteiger partial charge in [-0.1, -0.05) is 6.42 Å². The summed E-state index contributed by atoms with van der Waals surface area (Å²) in [5, 5.41) is 6.06. The van der Waals surface area contributed by atoms with Gasteiger partial charge in [-0.05, 0) is 49.9 Å². The van der Waals surface area contributed by atoms with Crippen LogP contribution in [0, 0.1) is 0 Å². The molecule has 0 radical (unpaired) electrons. The zero-order chi connectivity index (χ0) is 21.2. The lowest BCUT2D eigenvalue weighted by Crippen LogP contribution is -2.21. The van der Waals surface area contributed by atoms with Gasteiger partial charge in [0, 0.05) is 16.9 Å². The minimum absolute atomic E-state index is 0.136. The lowest BCUT2D eigenvalue weighted by molar-refractivity contribution is -0.274. The third kappa shape index (κ3) is 5.42. The highest BCUT2D eigenvalue weighted by molar-refractivity contribution is 5.90. The zero-order valence-corrected chi connectivity index (χ0v) is 15.0. The average molecular weight is 421 g/mol. The number of carbonyl (C=O) groups excluding carboxylic acids is 1. The first-order chi connectivity index (χ1) is 13.5. The molecule has 1 N–H and O–H groups in total. The lowest BCUT2D eigenvalue weighted by Gasteiger charge is -2.11. The van der Waals surface area contributed by atoms with Gasteiger partial charge in [0.15, 0.2) is 5.69 Å². The molecule has 0 saturated heterocycles. The van der Waals surface area contributed by atoms with Crippen LogP contribution in [0.3, 0.4) is 0 Å². The fourth-order valence-electron chi connectivity index (χ4n) is 3.28. The number of ether oxygens (including phenoxy) is 1. The molecule has 0 spiro atoms. The number of hydrogen-bond acceptors (Lipinski definition) is 3. The zero-order valence-electron chi connectivity index (χ0n) is 15.0. The molecule has 0 unspecified atom stereocenters. The van der Waals surface area contributed by atoms with Gasteiger partial charge in [0.2, 0.25) is 5.91 Å². The maximum Gasteiger partial charge on any atom is 0.573 e. The lowest BCUT2D eigenvalue weighted by atomic mass is 10.1. The molecule has 1 aromatic heterocycles. The molecule has 0 fully saturated rings. The minimum Gasteiger partial charge on any atom is -0.406 e. The van der Waals surface area contributed by atoms with Crippen LogP contribution in [0.1, 0.15) is 36.2 Å². The average Bonchev–Trinajstić information content (AvgIpc) is 2.77. The van der Waals surface area contributed by atoms with Crippen molar-refractivity contribution in [2.24, 2.45) is 0 Å². The normalized spacial score (nSPS) is 14.8. The van der Waals surface area contributed by atoms with Crippen molar-refractivity contribution < 1.29 is 35.9 Å². The van der Waals surface area contributed by atoms with E-state index in [1.165, 1.54) is 12.1 Å². The molecule has 3 rings (SSSR count). The van der Waals surface area contributed by atoms with E-state index in [0.717, 1.165) is 23.2 Å². The summed E-state index contributed by atoms with van der Waals surface area (Å²) < 4.78 is 81.2. The summed E-state index contributed by atoms with van der Waals surface area (Å²) in [6, 6.07) is 4.43. The first-order valence-electron chi connectivity index (χ1n) is 8.84. The van der Waals surface area contributed by atoms with E-state index in [2.05, 4.69) is 15.2 Å². The van der Waals surface area contributed by atoms with Crippen molar-refractivity contribution in [1.29, 1.82) is 0 Å². The van der Waals surface area contributed by atoms with E-state index >= 15 is 0 Å². The molecular weight excluding hydrogens is 404 g/mol. The van der Waals surface area contributed by atoms with Crippen LogP contribution in [0.2, 0.25) is 0 Å². The van der Waals surface area contributed by atoms with E-state index < -0.39 is 36.4 Å².